The van der Waals surface area contributed by atoms with E-state index in [1.165, 1.54) is 32.1 Å². The molecule has 2 aliphatic rings. The highest BCUT2D eigenvalue weighted by Crippen LogP contribution is 2.35. The van der Waals surface area contributed by atoms with Crippen molar-refractivity contribution in [3.63, 3.8) is 0 Å². The van der Waals surface area contributed by atoms with Crippen LogP contribution in [-0.2, 0) is 4.79 Å². The van der Waals surface area contributed by atoms with E-state index in [1.54, 1.807) is 0 Å². The summed E-state index contributed by atoms with van der Waals surface area (Å²) in [6, 6.07) is 1.16. The molecule has 0 aliphatic heterocycles. The van der Waals surface area contributed by atoms with Gasteiger partial charge in [-0.3, -0.25) is 9.69 Å². The number of rotatable bonds is 6. The summed E-state index contributed by atoms with van der Waals surface area (Å²) >= 11 is 0. The Labute approximate surface area is 123 Å². The number of carbonyl (C=O) groups excluding carboxylic acids is 1. The average molecular weight is 281 g/mol. The Morgan fingerprint density at radius 2 is 1.90 bits per heavy atom. The van der Waals surface area contributed by atoms with Gasteiger partial charge in [-0.15, -0.1) is 0 Å². The molecule has 20 heavy (non-hydrogen) atoms. The second kappa shape index (κ2) is 6.44. The third kappa shape index (κ3) is 3.53. The second-order valence-corrected chi connectivity index (χ2v) is 7.28. The number of nitrogens with zero attached hydrogens (tertiary/aromatic N) is 1. The molecule has 0 aromatic carbocycles. The van der Waals surface area contributed by atoms with Gasteiger partial charge in [-0.2, -0.15) is 0 Å². The van der Waals surface area contributed by atoms with Crippen molar-refractivity contribution in [3.8, 4) is 0 Å². The zero-order valence-corrected chi connectivity index (χ0v) is 13.1. The molecule has 2 rings (SSSR count). The molecule has 2 saturated carbocycles. The van der Waals surface area contributed by atoms with Crippen molar-refractivity contribution in [2.45, 2.75) is 82.8 Å². The van der Waals surface area contributed by atoms with Crippen LogP contribution >= 0.6 is 0 Å². The Balaban J connectivity index is 2.01. The number of amides is 1. The molecule has 2 atom stereocenters. The summed E-state index contributed by atoms with van der Waals surface area (Å²) in [5.41, 5.74) is 10.9. The van der Waals surface area contributed by atoms with E-state index in [1.807, 2.05) is 0 Å². The maximum Gasteiger partial charge on any atom is 0.237 e. The van der Waals surface area contributed by atoms with Gasteiger partial charge in [-0.05, 0) is 51.0 Å². The number of carbonyl (C=O) groups is 1. The normalized spacial score (nSPS) is 31.6. The minimum Gasteiger partial charge on any atom is -0.368 e. The summed E-state index contributed by atoms with van der Waals surface area (Å²) in [7, 11) is 0. The van der Waals surface area contributed by atoms with E-state index < -0.39 is 5.54 Å². The first-order chi connectivity index (χ1) is 9.42. The van der Waals surface area contributed by atoms with Gasteiger partial charge in [0.05, 0.1) is 5.54 Å². The average Bonchev–Trinajstić information content (AvgIpc) is 3.00. The maximum absolute atomic E-state index is 11.6. The Hall–Kier alpha value is -0.610. The van der Waals surface area contributed by atoms with Crippen molar-refractivity contribution in [1.82, 2.24) is 4.90 Å². The summed E-state index contributed by atoms with van der Waals surface area (Å²) in [6.07, 6.45) is 9.05. The van der Waals surface area contributed by atoms with Crippen LogP contribution < -0.4 is 11.5 Å². The van der Waals surface area contributed by atoms with E-state index in [4.69, 9.17) is 11.5 Å². The zero-order chi connectivity index (χ0) is 14.8. The van der Waals surface area contributed by atoms with Crippen molar-refractivity contribution >= 4 is 5.91 Å². The Morgan fingerprint density at radius 1 is 1.25 bits per heavy atom. The number of nitrogens with two attached hydrogens (primary N) is 2. The molecule has 0 spiro atoms. The fourth-order valence-electron chi connectivity index (χ4n) is 3.86. The lowest BCUT2D eigenvalue weighted by molar-refractivity contribution is -0.123. The number of hydrogen-bond donors (Lipinski definition) is 2. The number of primary amides is 1. The summed E-state index contributed by atoms with van der Waals surface area (Å²) in [5, 5.41) is 0. The van der Waals surface area contributed by atoms with Gasteiger partial charge in [0.2, 0.25) is 5.91 Å². The predicted octanol–water partition coefficient (Wildman–Crippen LogP) is 2.01. The fourth-order valence-corrected chi connectivity index (χ4v) is 3.86. The lowest BCUT2D eigenvalue weighted by Crippen LogP contribution is -2.52. The molecule has 2 aliphatic carbocycles. The van der Waals surface area contributed by atoms with E-state index in [-0.39, 0.29) is 5.91 Å². The van der Waals surface area contributed by atoms with Crippen LogP contribution in [-0.4, -0.2) is 35.0 Å². The molecule has 4 nitrogen and oxygen atoms in total. The summed E-state index contributed by atoms with van der Waals surface area (Å²) < 4.78 is 0. The van der Waals surface area contributed by atoms with Crippen LogP contribution in [0, 0.1) is 5.92 Å². The van der Waals surface area contributed by atoms with Gasteiger partial charge in [0.1, 0.15) is 0 Å². The molecular weight excluding hydrogens is 250 g/mol. The van der Waals surface area contributed by atoms with E-state index in [0.29, 0.717) is 12.1 Å². The first-order valence-corrected chi connectivity index (χ1v) is 8.27. The predicted molar refractivity (Wildman–Crippen MR) is 82.2 cm³/mol. The van der Waals surface area contributed by atoms with Gasteiger partial charge < -0.3 is 11.5 Å². The Morgan fingerprint density at radius 3 is 2.40 bits per heavy atom. The molecule has 0 aromatic heterocycles. The molecule has 116 valence electrons. The van der Waals surface area contributed by atoms with Crippen molar-refractivity contribution in [2.75, 3.05) is 6.54 Å². The van der Waals surface area contributed by atoms with Gasteiger partial charge in [0, 0.05) is 12.1 Å². The van der Waals surface area contributed by atoms with Crippen molar-refractivity contribution in [2.24, 2.45) is 17.4 Å². The standard InChI is InChI=1S/C16H31N3O/c1-12(2)8-10-19(13-5-3-4-6-13)14-7-9-16(18,11-14)15(17)20/h12-14H,3-11,18H2,1-2H3,(H2,17,20). The molecule has 0 radical (unpaired) electrons. The quantitative estimate of drug-likeness (QED) is 0.782. The summed E-state index contributed by atoms with van der Waals surface area (Å²) in [5.74, 6) is 0.398. The van der Waals surface area contributed by atoms with Gasteiger partial charge in [-0.25, -0.2) is 0 Å². The van der Waals surface area contributed by atoms with Crippen LogP contribution in [0.3, 0.4) is 0 Å². The highest BCUT2D eigenvalue weighted by molar-refractivity contribution is 5.84. The monoisotopic (exact) mass is 281 g/mol. The van der Waals surface area contributed by atoms with Crippen LogP contribution in [0.1, 0.15) is 65.2 Å². The topological polar surface area (TPSA) is 72.3 Å². The van der Waals surface area contributed by atoms with Crippen LogP contribution in [0.15, 0.2) is 0 Å². The molecule has 0 aromatic rings. The molecule has 0 saturated heterocycles. The SMILES string of the molecule is CC(C)CCN(C1CCCC1)C1CCC(N)(C(N)=O)C1. The van der Waals surface area contributed by atoms with E-state index >= 15 is 0 Å². The zero-order valence-electron chi connectivity index (χ0n) is 13.1. The first kappa shape index (κ1) is 15.8. The van der Waals surface area contributed by atoms with Crippen molar-refractivity contribution < 1.29 is 4.79 Å². The van der Waals surface area contributed by atoms with Crippen molar-refractivity contribution in [1.29, 1.82) is 0 Å². The lowest BCUT2D eigenvalue weighted by Gasteiger charge is -2.35. The van der Waals surface area contributed by atoms with Crippen LogP contribution in [0.25, 0.3) is 0 Å². The van der Waals surface area contributed by atoms with Crippen LogP contribution in [0.5, 0.6) is 0 Å². The molecular formula is C16H31N3O. The number of hydrogen-bond acceptors (Lipinski definition) is 3. The largest absolute Gasteiger partial charge is 0.368 e. The van der Waals surface area contributed by atoms with E-state index in [9.17, 15) is 4.79 Å². The Kier molecular flexibility index (Phi) is 5.08. The first-order valence-electron chi connectivity index (χ1n) is 8.27. The van der Waals surface area contributed by atoms with Gasteiger partial charge in [0.15, 0.2) is 0 Å². The molecule has 0 bridgehead atoms. The summed E-state index contributed by atoms with van der Waals surface area (Å²) in [6.45, 7) is 5.69. The Bertz CT molecular complexity index is 339. The van der Waals surface area contributed by atoms with E-state index in [2.05, 4.69) is 18.7 Å². The third-order valence-electron chi connectivity index (χ3n) is 5.24. The lowest BCUT2D eigenvalue weighted by atomic mass is 9.97. The molecule has 0 heterocycles. The molecule has 4 N–H and O–H groups in total. The minimum absolute atomic E-state index is 0.324. The fraction of sp³-hybridized carbons (Fsp3) is 0.938. The second-order valence-electron chi connectivity index (χ2n) is 7.28. The molecule has 2 unspecified atom stereocenters. The maximum atomic E-state index is 11.6. The van der Waals surface area contributed by atoms with Crippen molar-refractivity contribution in [3.05, 3.63) is 0 Å². The summed E-state index contributed by atoms with van der Waals surface area (Å²) in [4.78, 5) is 14.2. The van der Waals surface area contributed by atoms with E-state index in [0.717, 1.165) is 31.7 Å². The van der Waals surface area contributed by atoms with Gasteiger partial charge >= 0.3 is 0 Å². The van der Waals surface area contributed by atoms with Gasteiger partial charge in [0.25, 0.3) is 0 Å². The molecule has 1 amide bonds. The highest BCUT2D eigenvalue weighted by Gasteiger charge is 2.44. The van der Waals surface area contributed by atoms with Gasteiger partial charge in [-0.1, -0.05) is 26.7 Å². The molecule has 2 fully saturated rings. The third-order valence-corrected chi connectivity index (χ3v) is 5.24. The smallest absolute Gasteiger partial charge is 0.237 e. The van der Waals surface area contributed by atoms with Crippen LogP contribution in [0.4, 0.5) is 0 Å². The highest BCUT2D eigenvalue weighted by atomic mass is 16.1. The minimum atomic E-state index is -0.765. The molecule has 4 heteroatoms. The van der Waals surface area contributed by atoms with Crippen LogP contribution in [0.2, 0.25) is 0 Å².